The van der Waals surface area contributed by atoms with Crippen LogP contribution in [0.4, 0.5) is 0 Å². The summed E-state index contributed by atoms with van der Waals surface area (Å²) in [5, 5.41) is 0. The molecule has 2 rings (SSSR count). The fraction of sp³-hybridized carbons (Fsp3) is 1.00. The fourth-order valence-electron chi connectivity index (χ4n) is 3.01. The van der Waals surface area contributed by atoms with Gasteiger partial charge in [0.2, 0.25) is 0 Å². The predicted molar refractivity (Wildman–Crippen MR) is 48.9 cm³/mol. The van der Waals surface area contributed by atoms with Gasteiger partial charge in [-0.05, 0) is 31.1 Å². The molecule has 2 heteroatoms. The van der Waals surface area contributed by atoms with Crippen LogP contribution in [0.25, 0.3) is 0 Å². The van der Waals surface area contributed by atoms with Crippen LogP contribution in [0.5, 0.6) is 0 Å². The second kappa shape index (κ2) is 2.46. The lowest BCUT2D eigenvalue weighted by atomic mass is 9.60. The maximum Gasteiger partial charge on any atom is 0.0705 e. The van der Waals surface area contributed by atoms with Gasteiger partial charge in [0, 0.05) is 6.54 Å². The van der Waals surface area contributed by atoms with Crippen molar-refractivity contribution in [1.29, 1.82) is 0 Å². The monoisotopic (exact) mass is 169 g/mol. The highest BCUT2D eigenvalue weighted by atomic mass is 16.5. The summed E-state index contributed by atoms with van der Waals surface area (Å²) >= 11 is 0. The van der Waals surface area contributed by atoms with Crippen molar-refractivity contribution >= 4 is 0 Å². The molecule has 1 unspecified atom stereocenters. The zero-order valence-electron chi connectivity index (χ0n) is 8.10. The summed E-state index contributed by atoms with van der Waals surface area (Å²) < 4.78 is 5.94. The molecule has 0 radical (unpaired) electrons. The molecule has 2 nitrogen and oxygen atoms in total. The molecule has 2 N–H and O–H groups in total. The van der Waals surface area contributed by atoms with Crippen molar-refractivity contribution in [3.05, 3.63) is 0 Å². The maximum atomic E-state index is 5.94. The van der Waals surface area contributed by atoms with Gasteiger partial charge in [-0.3, -0.25) is 0 Å². The van der Waals surface area contributed by atoms with Crippen molar-refractivity contribution < 1.29 is 4.74 Å². The van der Waals surface area contributed by atoms with Crippen LogP contribution in [0, 0.1) is 5.41 Å². The van der Waals surface area contributed by atoms with Crippen LogP contribution in [0.1, 0.15) is 39.5 Å². The van der Waals surface area contributed by atoms with Gasteiger partial charge in [0.1, 0.15) is 0 Å². The standard InChI is InChI=1S/C10H19NO/c1-9(2)6-10(7-9)4-3-8(5-11)12-10/h8H,3-7,11H2,1-2H3. The Hall–Kier alpha value is -0.0800. The number of rotatable bonds is 1. The minimum absolute atomic E-state index is 0.244. The van der Waals surface area contributed by atoms with Gasteiger partial charge in [-0.15, -0.1) is 0 Å². The van der Waals surface area contributed by atoms with Crippen molar-refractivity contribution in [2.45, 2.75) is 51.2 Å². The topological polar surface area (TPSA) is 35.2 Å². The number of nitrogens with two attached hydrogens (primary N) is 1. The number of hydrogen-bond acceptors (Lipinski definition) is 2. The van der Waals surface area contributed by atoms with Gasteiger partial charge in [0.25, 0.3) is 0 Å². The van der Waals surface area contributed by atoms with Gasteiger partial charge in [-0.25, -0.2) is 0 Å². The summed E-state index contributed by atoms with van der Waals surface area (Å²) in [5.41, 5.74) is 6.34. The highest BCUT2D eigenvalue weighted by Crippen LogP contribution is 2.55. The molecule has 0 aromatic rings. The molecule has 0 amide bonds. The van der Waals surface area contributed by atoms with E-state index in [1.807, 2.05) is 0 Å². The lowest BCUT2D eigenvalue weighted by molar-refractivity contribution is -0.146. The molecule has 1 saturated heterocycles. The van der Waals surface area contributed by atoms with E-state index in [0.29, 0.717) is 18.1 Å². The first-order chi connectivity index (χ1) is 5.55. The molecule has 0 aromatic carbocycles. The largest absolute Gasteiger partial charge is 0.370 e. The first kappa shape index (κ1) is 8.52. The van der Waals surface area contributed by atoms with Crippen LogP contribution in [-0.4, -0.2) is 18.2 Å². The quantitative estimate of drug-likeness (QED) is 0.648. The van der Waals surface area contributed by atoms with E-state index in [0.717, 1.165) is 0 Å². The van der Waals surface area contributed by atoms with Gasteiger partial charge in [-0.1, -0.05) is 13.8 Å². The summed E-state index contributed by atoms with van der Waals surface area (Å²) in [6.07, 6.45) is 5.22. The van der Waals surface area contributed by atoms with Crippen LogP contribution >= 0.6 is 0 Å². The summed E-state index contributed by atoms with van der Waals surface area (Å²) in [7, 11) is 0. The molecule has 70 valence electrons. The smallest absolute Gasteiger partial charge is 0.0705 e. The molecular weight excluding hydrogens is 150 g/mol. The van der Waals surface area contributed by atoms with Crippen LogP contribution in [-0.2, 0) is 4.74 Å². The van der Waals surface area contributed by atoms with Gasteiger partial charge < -0.3 is 10.5 Å². The van der Waals surface area contributed by atoms with Crippen LogP contribution < -0.4 is 5.73 Å². The van der Waals surface area contributed by atoms with Crippen molar-refractivity contribution in [1.82, 2.24) is 0 Å². The third-order valence-corrected chi connectivity index (χ3v) is 3.20. The third-order valence-electron chi connectivity index (χ3n) is 3.20. The van der Waals surface area contributed by atoms with E-state index < -0.39 is 0 Å². The summed E-state index contributed by atoms with van der Waals surface area (Å²) in [6.45, 7) is 5.33. The lowest BCUT2D eigenvalue weighted by Gasteiger charge is -2.50. The van der Waals surface area contributed by atoms with Gasteiger partial charge in [-0.2, -0.15) is 0 Å². The number of hydrogen-bond donors (Lipinski definition) is 1. The average Bonchev–Trinajstić information content (AvgIpc) is 2.29. The second-order valence-electron chi connectivity index (χ2n) is 5.22. The molecule has 1 spiro atoms. The first-order valence-electron chi connectivity index (χ1n) is 4.93. The van der Waals surface area contributed by atoms with E-state index in [4.69, 9.17) is 10.5 Å². The molecule has 1 aliphatic carbocycles. The van der Waals surface area contributed by atoms with Crippen LogP contribution in [0.3, 0.4) is 0 Å². The van der Waals surface area contributed by atoms with E-state index in [9.17, 15) is 0 Å². The van der Waals surface area contributed by atoms with Gasteiger partial charge >= 0.3 is 0 Å². The normalized spacial score (nSPS) is 36.8. The van der Waals surface area contributed by atoms with E-state index in [2.05, 4.69) is 13.8 Å². The van der Waals surface area contributed by atoms with E-state index in [1.165, 1.54) is 25.7 Å². The summed E-state index contributed by atoms with van der Waals surface area (Å²) in [6, 6.07) is 0. The minimum Gasteiger partial charge on any atom is -0.370 e. The third kappa shape index (κ3) is 1.27. The molecular formula is C10H19NO. The average molecular weight is 169 g/mol. The maximum absolute atomic E-state index is 5.94. The second-order valence-corrected chi connectivity index (χ2v) is 5.22. The molecule has 1 saturated carbocycles. The Kier molecular flexibility index (Phi) is 1.74. The Labute approximate surface area is 74.5 Å². The highest BCUT2D eigenvalue weighted by molar-refractivity contribution is 5.04. The molecule has 2 fully saturated rings. The fourth-order valence-corrected chi connectivity index (χ4v) is 3.01. The molecule has 1 heterocycles. The Morgan fingerprint density at radius 2 is 2.08 bits per heavy atom. The Morgan fingerprint density at radius 1 is 1.42 bits per heavy atom. The van der Waals surface area contributed by atoms with Crippen LogP contribution in [0.2, 0.25) is 0 Å². The van der Waals surface area contributed by atoms with E-state index in [1.54, 1.807) is 0 Å². The molecule has 2 aliphatic rings. The Bertz CT molecular complexity index is 180. The molecule has 0 bridgehead atoms. The lowest BCUT2D eigenvalue weighted by Crippen LogP contribution is -2.49. The van der Waals surface area contributed by atoms with Crippen molar-refractivity contribution in [2.75, 3.05) is 6.54 Å². The van der Waals surface area contributed by atoms with E-state index >= 15 is 0 Å². The zero-order chi connectivity index (χ0) is 8.82. The Balaban J connectivity index is 1.92. The van der Waals surface area contributed by atoms with E-state index in [-0.39, 0.29) is 5.60 Å². The first-order valence-corrected chi connectivity index (χ1v) is 4.93. The molecule has 0 aromatic heterocycles. The van der Waals surface area contributed by atoms with Crippen molar-refractivity contribution in [3.8, 4) is 0 Å². The number of ether oxygens (including phenoxy) is 1. The molecule has 1 aliphatic heterocycles. The summed E-state index contributed by atoms with van der Waals surface area (Å²) in [5.74, 6) is 0. The minimum atomic E-state index is 0.244. The highest BCUT2D eigenvalue weighted by Gasteiger charge is 2.53. The predicted octanol–water partition coefficient (Wildman–Crippen LogP) is 1.68. The van der Waals surface area contributed by atoms with Gasteiger partial charge in [0.15, 0.2) is 0 Å². The van der Waals surface area contributed by atoms with Crippen LogP contribution in [0.15, 0.2) is 0 Å². The van der Waals surface area contributed by atoms with Gasteiger partial charge in [0.05, 0.1) is 11.7 Å². The molecule has 12 heavy (non-hydrogen) atoms. The van der Waals surface area contributed by atoms with Crippen molar-refractivity contribution in [2.24, 2.45) is 11.1 Å². The molecule has 1 atom stereocenters. The Morgan fingerprint density at radius 3 is 2.50 bits per heavy atom. The zero-order valence-corrected chi connectivity index (χ0v) is 8.10. The van der Waals surface area contributed by atoms with Crippen molar-refractivity contribution in [3.63, 3.8) is 0 Å². The SMILES string of the molecule is CC1(C)CC2(CCC(CN)O2)C1. The summed E-state index contributed by atoms with van der Waals surface area (Å²) in [4.78, 5) is 0.